The van der Waals surface area contributed by atoms with Crippen LogP contribution in [0.1, 0.15) is 19.3 Å². The summed E-state index contributed by atoms with van der Waals surface area (Å²) in [5, 5.41) is 0. The first-order chi connectivity index (χ1) is 6.49. The molecule has 0 N–H and O–H groups in total. The van der Waals surface area contributed by atoms with Gasteiger partial charge in [-0.3, -0.25) is 4.79 Å². The number of hydrogen-bond donors (Lipinski definition) is 0. The molecule has 0 radical (unpaired) electrons. The molecular weight excluding hydrogens is 202 g/mol. The van der Waals surface area contributed by atoms with Crippen molar-refractivity contribution in [3.05, 3.63) is 0 Å². The average molecular weight is 217 g/mol. The Balaban J connectivity index is 1.98. The van der Waals surface area contributed by atoms with Gasteiger partial charge in [-0.1, -0.05) is 0 Å². The highest BCUT2D eigenvalue weighted by atomic mass is 32.2. The van der Waals surface area contributed by atoms with Crippen LogP contribution in [0.25, 0.3) is 0 Å². The number of carbonyl (C=O) groups excluding carboxylic acids is 1. The lowest BCUT2D eigenvalue weighted by molar-refractivity contribution is -0.132. The van der Waals surface area contributed by atoms with E-state index in [2.05, 4.69) is 0 Å². The first-order valence-electron chi connectivity index (χ1n) is 4.97. The largest absolute Gasteiger partial charge is 0.341 e. The predicted octanol–water partition coefficient (Wildman–Crippen LogP) is 0.0419. The molecule has 0 unspecified atom stereocenters. The van der Waals surface area contributed by atoms with Crippen LogP contribution in [-0.4, -0.2) is 43.8 Å². The Morgan fingerprint density at radius 1 is 1.29 bits per heavy atom. The second-order valence-electron chi connectivity index (χ2n) is 4.28. The molecule has 1 heterocycles. The SMILES string of the molecule is CN(C(=O)C1CC1)[C@@H]1CCS(=O)(=O)C1. The fraction of sp³-hybridized carbons (Fsp3) is 0.889. The molecule has 0 spiro atoms. The lowest BCUT2D eigenvalue weighted by atomic mass is 10.2. The number of sulfone groups is 1. The zero-order chi connectivity index (χ0) is 10.3. The lowest BCUT2D eigenvalue weighted by Crippen LogP contribution is -2.38. The van der Waals surface area contributed by atoms with E-state index in [1.807, 2.05) is 0 Å². The molecule has 14 heavy (non-hydrogen) atoms. The summed E-state index contributed by atoms with van der Waals surface area (Å²) in [6.07, 6.45) is 2.56. The van der Waals surface area contributed by atoms with Crippen LogP contribution in [0.3, 0.4) is 0 Å². The van der Waals surface area contributed by atoms with Gasteiger partial charge in [-0.05, 0) is 19.3 Å². The Bertz CT molecular complexity index is 345. The number of carbonyl (C=O) groups is 1. The van der Waals surface area contributed by atoms with Crippen LogP contribution in [-0.2, 0) is 14.6 Å². The minimum absolute atomic E-state index is 0.0758. The summed E-state index contributed by atoms with van der Waals surface area (Å²) < 4.78 is 22.4. The van der Waals surface area contributed by atoms with Crippen molar-refractivity contribution in [1.82, 2.24) is 4.90 Å². The van der Waals surface area contributed by atoms with Crippen molar-refractivity contribution in [3.8, 4) is 0 Å². The molecule has 1 saturated heterocycles. The van der Waals surface area contributed by atoms with Crippen LogP contribution in [0.4, 0.5) is 0 Å². The van der Waals surface area contributed by atoms with Crippen molar-refractivity contribution < 1.29 is 13.2 Å². The van der Waals surface area contributed by atoms with E-state index in [0.29, 0.717) is 6.42 Å². The molecule has 5 heteroatoms. The fourth-order valence-electron chi connectivity index (χ4n) is 1.88. The van der Waals surface area contributed by atoms with Gasteiger partial charge in [-0.25, -0.2) is 8.42 Å². The highest BCUT2D eigenvalue weighted by molar-refractivity contribution is 7.91. The van der Waals surface area contributed by atoms with Crippen molar-refractivity contribution >= 4 is 15.7 Å². The van der Waals surface area contributed by atoms with Crippen LogP contribution in [0.5, 0.6) is 0 Å². The van der Waals surface area contributed by atoms with Crippen molar-refractivity contribution in [2.75, 3.05) is 18.6 Å². The third kappa shape index (κ3) is 1.92. The lowest BCUT2D eigenvalue weighted by Gasteiger charge is -2.23. The third-order valence-corrected chi connectivity index (χ3v) is 4.78. The zero-order valence-electron chi connectivity index (χ0n) is 8.27. The summed E-state index contributed by atoms with van der Waals surface area (Å²) in [6, 6.07) is -0.0758. The van der Waals surface area contributed by atoms with Gasteiger partial charge in [0.1, 0.15) is 0 Å². The van der Waals surface area contributed by atoms with E-state index in [9.17, 15) is 13.2 Å². The summed E-state index contributed by atoms with van der Waals surface area (Å²) in [7, 11) is -1.14. The second-order valence-corrected chi connectivity index (χ2v) is 6.51. The van der Waals surface area contributed by atoms with Crippen LogP contribution in [0.15, 0.2) is 0 Å². The summed E-state index contributed by atoms with van der Waals surface area (Å²) in [5.41, 5.74) is 0. The first kappa shape index (κ1) is 9.96. The molecule has 2 fully saturated rings. The van der Waals surface area contributed by atoms with E-state index in [0.717, 1.165) is 12.8 Å². The first-order valence-corrected chi connectivity index (χ1v) is 6.79. The molecule has 0 aromatic heterocycles. The molecule has 1 saturated carbocycles. The normalized spacial score (nSPS) is 30.2. The Labute approximate surface area is 84.2 Å². The van der Waals surface area contributed by atoms with Gasteiger partial charge in [0.05, 0.1) is 11.5 Å². The Morgan fingerprint density at radius 2 is 1.93 bits per heavy atom. The standard InChI is InChI=1S/C9H15NO3S/c1-10(9(11)7-2-3-7)8-4-5-14(12,13)6-8/h7-8H,2-6H2,1H3/t8-/m1/s1. The molecule has 80 valence electrons. The topological polar surface area (TPSA) is 54.5 Å². The fourth-order valence-corrected chi connectivity index (χ4v) is 3.65. The van der Waals surface area contributed by atoms with Gasteiger partial charge in [0.2, 0.25) is 5.91 Å². The molecule has 2 rings (SSSR count). The van der Waals surface area contributed by atoms with Crippen molar-refractivity contribution in [3.63, 3.8) is 0 Å². The molecule has 2 aliphatic rings. The molecule has 1 aliphatic heterocycles. The quantitative estimate of drug-likeness (QED) is 0.656. The van der Waals surface area contributed by atoms with Crippen LogP contribution in [0.2, 0.25) is 0 Å². The van der Waals surface area contributed by atoms with Gasteiger partial charge in [0.15, 0.2) is 9.84 Å². The summed E-state index contributed by atoms with van der Waals surface area (Å²) in [6.45, 7) is 0. The third-order valence-electron chi connectivity index (χ3n) is 3.03. The van der Waals surface area contributed by atoms with Crippen molar-refractivity contribution in [1.29, 1.82) is 0 Å². The molecule has 1 aliphatic carbocycles. The highest BCUT2D eigenvalue weighted by Gasteiger charge is 2.38. The summed E-state index contributed by atoms with van der Waals surface area (Å²) in [4.78, 5) is 13.3. The molecular formula is C9H15NO3S. The number of nitrogens with zero attached hydrogens (tertiary/aromatic N) is 1. The zero-order valence-corrected chi connectivity index (χ0v) is 9.09. The Morgan fingerprint density at radius 3 is 2.36 bits per heavy atom. The Hall–Kier alpha value is -0.580. The number of rotatable bonds is 2. The van der Waals surface area contributed by atoms with Gasteiger partial charge in [-0.2, -0.15) is 0 Å². The molecule has 1 atom stereocenters. The van der Waals surface area contributed by atoms with Crippen molar-refractivity contribution in [2.45, 2.75) is 25.3 Å². The highest BCUT2D eigenvalue weighted by Crippen LogP contribution is 2.32. The number of amides is 1. The maximum Gasteiger partial charge on any atom is 0.225 e. The minimum Gasteiger partial charge on any atom is -0.341 e. The van der Waals surface area contributed by atoms with E-state index < -0.39 is 9.84 Å². The Kier molecular flexibility index (Phi) is 2.29. The average Bonchev–Trinajstić information content (AvgIpc) is 2.89. The molecule has 4 nitrogen and oxygen atoms in total. The summed E-state index contributed by atoms with van der Waals surface area (Å²) in [5.74, 6) is 0.706. The molecule has 0 bridgehead atoms. The van der Waals surface area contributed by atoms with Gasteiger partial charge in [-0.15, -0.1) is 0 Å². The second kappa shape index (κ2) is 3.22. The monoisotopic (exact) mass is 217 g/mol. The van der Waals surface area contributed by atoms with Crippen LogP contribution < -0.4 is 0 Å². The van der Waals surface area contributed by atoms with E-state index in [4.69, 9.17) is 0 Å². The van der Waals surface area contributed by atoms with E-state index in [1.54, 1.807) is 11.9 Å². The maximum atomic E-state index is 11.6. The minimum atomic E-state index is -2.87. The van der Waals surface area contributed by atoms with Gasteiger partial charge in [0.25, 0.3) is 0 Å². The maximum absolute atomic E-state index is 11.6. The van der Waals surface area contributed by atoms with E-state index in [1.165, 1.54) is 0 Å². The van der Waals surface area contributed by atoms with Crippen LogP contribution >= 0.6 is 0 Å². The van der Waals surface area contributed by atoms with Crippen LogP contribution in [0, 0.1) is 5.92 Å². The summed E-state index contributed by atoms with van der Waals surface area (Å²) >= 11 is 0. The predicted molar refractivity (Wildman–Crippen MR) is 52.6 cm³/mol. The van der Waals surface area contributed by atoms with E-state index >= 15 is 0 Å². The van der Waals surface area contributed by atoms with Gasteiger partial charge in [0, 0.05) is 19.0 Å². The van der Waals surface area contributed by atoms with E-state index in [-0.39, 0.29) is 29.4 Å². The smallest absolute Gasteiger partial charge is 0.225 e. The van der Waals surface area contributed by atoms with Gasteiger partial charge < -0.3 is 4.90 Å². The molecule has 0 aromatic carbocycles. The van der Waals surface area contributed by atoms with Gasteiger partial charge >= 0.3 is 0 Å². The van der Waals surface area contributed by atoms with Crippen molar-refractivity contribution in [2.24, 2.45) is 5.92 Å². The molecule has 0 aromatic rings. The molecule has 1 amide bonds. The number of hydrogen-bond acceptors (Lipinski definition) is 3.